The van der Waals surface area contributed by atoms with E-state index in [4.69, 9.17) is 9.47 Å². The van der Waals surface area contributed by atoms with Crippen molar-refractivity contribution in [2.24, 2.45) is 11.8 Å². The van der Waals surface area contributed by atoms with Crippen LogP contribution in [0, 0.1) is 11.8 Å². The summed E-state index contributed by atoms with van der Waals surface area (Å²) in [6.45, 7) is 4.56. The maximum absolute atomic E-state index is 13.0. The molecule has 6 nitrogen and oxygen atoms in total. The number of hydrogen-bond acceptors (Lipinski definition) is 4. The zero-order chi connectivity index (χ0) is 18.6. The minimum absolute atomic E-state index is 0.0127. The molecule has 1 aromatic rings. The van der Waals surface area contributed by atoms with Gasteiger partial charge in [-0.1, -0.05) is 12.1 Å². The molecule has 3 fully saturated rings. The van der Waals surface area contributed by atoms with E-state index < -0.39 is 0 Å². The van der Waals surface area contributed by atoms with Gasteiger partial charge in [0.05, 0.1) is 25.4 Å². The molecule has 3 aliphatic rings. The summed E-state index contributed by atoms with van der Waals surface area (Å²) in [7, 11) is 0. The molecule has 0 atom stereocenters. The second-order valence-electron chi connectivity index (χ2n) is 7.75. The highest BCUT2D eigenvalue weighted by atomic mass is 16.5. The molecule has 0 radical (unpaired) electrons. The third kappa shape index (κ3) is 4.43. The van der Waals surface area contributed by atoms with Crippen molar-refractivity contribution in [2.45, 2.75) is 25.7 Å². The number of para-hydroxylation sites is 1. The highest BCUT2D eigenvalue weighted by Crippen LogP contribution is 2.31. The lowest BCUT2D eigenvalue weighted by Crippen LogP contribution is -2.47. The molecule has 1 aliphatic carbocycles. The van der Waals surface area contributed by atoms with Crippen LogP contribution < -0.4 is 4.74 Å². The minimum atomic E-state index is 0.0127. The van der Waals surface area contributed by atoms with Gasteiger partial charge in [-0.2, -0.15) is 0 Å². The lowest BCUT2D eigenvalue weighted by atomic mass is 9.94. The molecule has 6 heteroatoms. The Morgan fingerprint density at radius 2 is 1.67 bits per heavy atom. The maximum Gasteiger partial charge on any atom is 0.257 e. The standard InChI is InChI=1S/C21H28N2O4/c24-20(23-11-13-26-14-12-23)17-7-9-22(10-8-17)21(25)18-3-1-2-4-19(18)27-15-16-5-6-16/h1-4,16-17H,5-15H2. The Balaban J connectivity index is 1.33. The van der Waals surface area contributed by atoms with Gasteiger partial charge < -0.3 is 19.3 Å². The number of nitrogens with zero attached hydrogens (tertiary/aromatic N) is 2. The molecule has 2 heterocycles. The lowest BCUT2D eigenvalue weighted by Gasteiger charge is -2.35. The Morgan fingerprint density at radius 1 is 0.963 bits per heavy atom. The van der Waals surface area contributed by atoms with Crippen LogP contribution in [0.3, 0.4) is 0 Å². The number of likely N-dealkylation sites (tertiary alicyclic amines) is 1. The van der Waals surface area contributed by atoms with Crippen molar-refractivity contribution in [1.82, 2.24) is 9.80 Å². The first-order valence-electron chi connectivity index (χ1n) is 10.1. The summed E-state index contributed by atoms with van der Waals surface area (Å²) >= 11 is 0. The third-order valence-electron chi connectivity index (χ3n) is 5.74. The Morgan fingerprint density at radius 3 is 2.37 bits per heavy atom. The van der Waals surface area contributed by atoms with E-state index in [0.29, 0.717) is 63.2 Å². The Labute approximate surface area is 160 Å². The van der Waals surface area contributed by atoms with E-state index in [-0.39, 0.29) is 17.7 Å². The van der Waals surface area contributed by atoms with Crippen LogP contribution in [0.1, 0.15) is 36.0 Å². The predicted octanol–water partition coefficient (Wildman–Crippen LogP) is 2.19. The molecular formula is C21H28N2O4. The molecule has 146 valence electrons. The summed E-state index contributed by atoms with van der Waals surface area (Å²) in [5.41, 5.74) is 0.635. The van der Waals surface area contributed by atoms with E-state index in [2.05, 4.69) is 0 Å². The van der Waals surface area contributed by atoms with Crippen LogP contribution in [0.5, 0.6) is 5.75 Å². The van der Waals surface area contributed by atoms with Gasteiger partial charge in [0.25, 0.3) is 5.91 Å². The second-order valence-corrected chi connectivity index (χ2v) is 7.75. The number of rotatable bonds is 5. The third-order valence-corrected chi connectivity index (χ3v) is 5.74. The second kappa shape index (κ2) is 8.30. The summed E-state index contributed by atoms with van der Waals surface area (Å²) in [6, 6.07) is 7.51. The Bertz CT molecular complexity index is 675. The highest BCUT2D eigenvalue weighted by molar-refractivity contribution is 5.97. The fraction of sp³-hybridized carbons (Fsp3) is 0.619. The van der Waals surface area contributed by atoms with Crippen LogP contribution in [0.4, 0.5) is 0 Å². The normalized spacial score (nSPS) is 21.2. The first-order valence-corrected chi connectivity index (χ1v) is 10.1. The topological polar surface area (TPSA) is 59.1 Å². The molecule has 1 saturated carbocycles. The molecule has 0 N–H and O–H groups in total. The fourth-order valence-electron chi connectivity index (χ4n) is 3.80. The predicted molar refractivity (Wildman–Crippen MR) is 101 cm³/mol. The van der Waals surface area contributed by atoms with Gasteiger partial charge >= 0.3 is 0 Å². The van der Waals surface area contributed by atoms with Gasteiger partial charge in [-0.25, -0.2) is 0 Å². The van der Waals surface area contributed by atoms with E-state index >= 15 is 0 Å². The lowest BCUT2D eigenvalue weighted by molar-refractivity contribution is -0.141. The zero-order valence-electron chi connectivity index (χ0n) is 15.8. The van der Waals surface area contributed by atoms with Gasteiger partial charge in [0.2, 0.25) is 5.91 Å². The minimum Gasteiger partial charge on any atom is -0.492 e. The van der Waals surface area contributed by atoms with Gasteiger partial charge in [-0.05, 0) is 43.7 Å². The van der Waals surface area contributed by atoms with Crippen molar-refractivity contribution in [1.29, 1.82) is 0 Å². The number of hydrogen-bond donors (Lipinski definition) is 0. The van der Waals surface area contributed by atoms with Crippen LogP contribution >= 0.6 is 0 Å². The van der Waals surface area contributed by atoms with Gasteiger partial charge in [-0.3, -0.25) is 9.59 Å². The number of piperidine rings is 1. The molecule has 0 aromatic heterocycles. The van der Waals surface area contributed by atoms with Crippen molar-refractivity contribution in [3.05, 3.63) is 29.8 Å². The molecular weight excluding hydrogens is 344 g/mol. The summed E-state index contributed by atoms with van der Waals surface area (Å²) in [6.07, 6.45) is 3.90. The van der Waals surface area contributed by atoms with Gasteiger partial charge in [0.15, 0.2) is 0 Å². The van der Waals surface area contributed by atoms with Crippen molar-refractivity contribution in [2.75, 3.05) is 46.0 Å². The average Bonchev–Trinajstić information content (AvgIpc) is 3.57. The molecule has 0 unspecified atom stereocenters. The molecule has 27 heavy (non-hydrogen) atoms. The van der Waals surface area contributed by atoms with Crippen molar-refractivity contribution >= 4 is 11.8 Å². The monoisotopic (exact) mass is 372 g/mol. The Kier molecular flexibility index (Phi) is 5.62. The summed E-state index contributed by atoms with van der Waals surface area (Å²) in [5, 5.41) is 0. The van der Waals surface area contributed by atoms with Gasteiger partial charge in [0, 0.05) is 32.1 Å². The van der Waals surface area contributed by atoms with Gasteiger partial charge in [0.1, 0.15) is 5.75 Å². The van der Waals surface area contributed by atoms with Crippen molar-refractivity contribution < 1.29 is 19.1 Å². The van der Waals surface area contributed by atoms with E-state index in [1.807, 2.05) is 34.1 Å². The van der Waals surface area contributed by atoms with Crippen molar-refractivity contribution in [3.63, 3.8) is 0 Å². The van der Waals surface area contributed by atoms with Gasteiger partial charge in [-0.15, -0.1) is 0 Å². The van der Waals surface area contributed by atoms with E-state index in [1.165, 1.54) is 12.8 Å². The Hall–Kier alpha value is -2.08. The zero-order valence-corrected chi connectivity index (χ0v) is 15.8. The smallest absolute Gasteiger partial charge is 0.257 e. The summed E-state index contributed by atoms with van der Waals surface area (Å²) in [5.74, 6) is 1.58. The molecule has 1 aromatic carbocycles. The molecule has 0 spiro atoms. The molecule has 0 bridgehead atoms. The number of carbonyl (C=O) groups excluding carboxylic acids is 2. The first kappa shape index (κ1) is 18.3. The SMILES string of the molecule is O=C(c1ccccc1OCC1CC1)N1CCC(C(=O)N2CCOCC2)CC1. The summed E-state index contributed by atoms with van der Waals surface area (Å²) in [4.78, 5) is 29.4. The number of amides is 2. The van der Waals surface area contributed by atoms with Crippen LogP contribution in [0.2, 0.25) is 0 Å². The van der Waals surface area contributed by atoms with Crippen molar-refractivity contribution in [3.8, 4) is 5.75 Å². The number of benzene rings is 1. The maximum atomic E-state index is 13.0. The van der Waals surface area contributed by atoms with Crippen LogP contribution in [0.15, 0.2) is 24.3 Å². The fourth-order valence-corrected chi connectivity index (χ4v) is 3.80. The number of ether oxygens (including phenoxy) is 2. The molecule has 2 saturated heterocycles. The van der Waals surface area contributed by atoms with Crippen LogP contribution in [-0.2, 0) is 9.53 Å². The molecule has 4 rings (SSSR count). The number of carbonyl (C=O) groups is 2. The molecule has 2 amide bonds. The van der Waals surface area contributed by atoms with E-state index in [0.717, 1.165) is 12.8 Å². The van der Waals surface area contributed by atoms with Crippen LogP contribution in [-0.4, -0.2) is 67.6 Å². The largest absolute Gasteiger partial charge is 0.492 e. The quantitative estimate of drug-likeness (QED) is 0.795. The molecule has 2 aliphatic heterocycles. The van der Waals surface area contributed by atoms with E-state index in [9.17, 15) is 9.59 Å². The first-order chi connectivity index (χ1) is 13.2. The summed E-state index contributed by atoms with van der Waals surface area (Å²) < 4.78 is 11.2. The van der Waals surface area contributed by atoms with Crippen LogP contribution in [0.25, 0.3) is 0 Å². The number of morpholine rings is 1. The van der Waals surface area contributed by atoms with E-state index in [1.54, 1.807) is 0 Å². The highest BCUT2D eigenvalue weighted by Gasteiger charge is 2.32. The average molecular weight is 372 g/mol.